The molecule has 8 atom stereocenters. The first-order valence-corrected chi connectivity index (χ1v) is 23.5. The van der Waals surface area contributed by atoms with Gasteiger partial charge in [-0.1, -0.05) is 60.7 Å². The fourth-order valence-electron chi connectivity index (χ4n) is 8.33. The number of aliphatic hydroxyl groups is 1. The summed E-state index contributed by atoms with van der Waals surface area (Å²) in [6.45, 7) is 1.45. The Kier molecular flexibility index (Phi) is 20.0. The molecule has 17 N–H and O–H groups in total. The van der Waals surface area contributed by atoms with Crippen molar-refractivity contribution in [2.24, 2.45) is 27.9 Å². The highest BCUT2D eigenvalue weighted by molar-refractivity contribution is 5.98. The number of primary amides is 1. The number of carbonyl (C=O) groups is 8. The molecule has 1 saturated heterocycles. The number of carboxylic acids is 1. The Morgan fingerprint density at radius 2 is 1.35 bits per heavy atom. The van der Waals surface area contributed by atoms with Crippen LogP contribution >= 0.6 is 0 Å². The Morgan fingerprint density at radius 3 is 2.00 bits per heavy atom. The molecule has 5 rings (SSSR count). The molecule has 1 fully saturated rings. The lowest BCUT2D eigenvalue weighted by Gasteiger charge is -2.30. The third kappa shape index (κ3) is 16.0. The number of fused-ring (bicyclic) bond motifs is 1. The summed E-state index contributed by atoms with van der Waals surface area (Å²) in [6.07, 6.45) is -0.171. The normalized spacial score (nSPS) is 16.2. The molecule has 0 bridgehead atoms. The average molecular weight is 997 g/mol. The van der Waals surface area contributed by atoms with Gasteiger partial charge in [0.1, 0.15) is 42.0 Å². The van der Waals surface area contributed by atoms with Crippen LogP contribution in [-0.2, 0) is 57.6 Å². The van der Waals surface area contributed by atoms with Crippen molar-refractivity contribution < 1.29 is 53.7 Å². The van der Waals surface area contributed by atoms with Crippen LogP contribution in [0.5, 0.6) is 5.75 Å². The van der Waals surface area contributed by atoms with E-state index in [0.29, 0.717) is 23.1 Å². The van der Waals surface area contributed by atoms with E-state index >= 15 is 0 Å². The maximum absolute atomic E-state index is 14.4. The third-order valence-corrected chi connectivity index (χ3v) is 12.1. The monoisotopic (exact) mass is 996 g/mol. The summed E-state index contributed by atoms with van der Waals surface area (Å²) in [5.74, 6) is -7.47. The number of hydrogen-bond acceptors (Lipinski definition) is 12. The molecule has 72 heavy (non-hydrogen) atoms. The van der Waals surface area contributed by atoms with Gasteiger partial charge in [0.15, 0.2) is 5.96 Å². The van der Waals surface area contributed by atoms with Gasteiger partial charge in [0, 0.05) is 49.5 Å². The van der Waals surface area contributed by atoms with E-state index < -0.39 is 109 Å². The molecule has 1 aromatic heterocycles. The van der Waals surface area contributed by atoms with E-state index in [1.165, 1.54) is 24.0 Å². The van der Waals surface area contributed by atoms with Crippen molar-refractivity contribution in [3.63, 3.8) is 0 Å². The molecule has 0 spiro atoms. The van der Waals surface area contributed by atoms with Gasteiger partial charge in [0.2, 0.25) is 41.4 Å². The number of aliphatic imine (C=N–C) groups is 1. The molecule has 386 valence electrons. The number of nitrogens with two attached hydrogens (primary N) is 4. The minimum atomic E-state index is -1.78. The number of benzene rings is 3. The third-order valence-electron chi connectivity index (χ3n) is 12.1. The van der Waals surface area contributed by atoms with Gasteiger partial charge in [-0.15, -0.1) is 0 Å². The van der Waals surface area contributed by atoms with Gasteiger partial charge in [-0.05, 0) is 80.3 Å². The number of phenolic OH excluding ortho intramolecular Hbond substituents is 1. The standard InChI is InChI=1S/C49H64N12O11/c1-27(62)41(46(69)57-36(19-20-40(51)64)43(66)56-35(13-7-21-54-49(52)53)42(65)59-38(48(71)72)24-28-9-3-2-4-10-28)60-44(67)37(25-30-26-55-34-12-6-5-11-32(30)34)58-45(68)39-14-8-22-61(39)47(70)33(50)23-29-15-17-31(63)18-16-29/h2-6,9-12,15-18,26-27,33,35-39,41,55,62-63H,7-8,13-14,19-25,50H2,1H3,(H2,51,64)(H,56,66)(H,57,69)(H,58,68)(H,59,65)(H,60,67)(H,71,72)(H4,52,53,54)/t27-,33+,35+,36+,37+,38+,39+,41+/m1/s1. The highest BCUT2D eigenvalue weighted by Crippen LogP contribution is 2.23. The van der Waals surface area contributed by atoms with Crippen LogP contribution in [0.15, 0.2) is 90.1 Å². The number of aromatic hydroxyl groups is 1. The number of aliphatic carboxylic acids is 1. The first kappa shape index (κ1) is 54.9. The van der Waals surface area contributed by atoms with Gasteiger partial charge in [0.25, 0.3) is 0 Å². The van der Waals surface area contributed by atoms with Crippen molar-refractivity contribution in [2.45, 2.75) is 113 Å². The van der Waals surface area contributed by atoms with E-state index in [1.807, 2.05) is 12.1 Å². The SMILES string of the molecule is C[C@@H](O)[C@H](NC(=O)[C@H](Cc1c[nH]c2ccccc12)NC(=O)[C@@H]1CCCN1C(=O)[C@@H](N)Cc1ccc(O)cc1)C(=O)N[C@@H](CCC(N)=O)C(=O)N[C@@H](CCCN=C(N)N)C(=O)N[C@@H](Cc1ccccc1)C(=O)O. The van der Waals surface area contributed by atoms with Crippen molar-refractivity contribution in [1.82, 2.24) is 36.5 Å². The molecular formula is C49H64N12O11. The van der Waals surface area contributed by atoms with Crippen LogP contribution in [0.25, 0.3) is 10.9 Å². The Morgan fingerprint density at radius 1 is 0.736 bits per heavy atom. The molecule has 23 nitrogen and oxygen atoms in total. The summed E-state index contributed by atoms with van der Waals surface area (Å²) < 4.78 is 0. The fourth-order valence-corrected chi connectivity index (χ4v) is 8.33. The minimum Gasteiger partial charge on any atom is -0.508 e. The Balaban J connectivity index is 1.35. The van der Waals surface area contributed by atoms with E-state index in [-0.39, 0.29) is 63.3 Å². The maximum atomic E-state index is 14.4. The number of aliphatic hydroxyl groups excluding tert-OH is 1. The zero-order chi connectivity index (χ0) is 52.5. The number of nitrogens with zero attached hydrogens (tertiary/aromatic N) is 2. The number of likely N-dealkylation sites (tertiary alicyclic amines) is 1. The molecule has 3 aromatic carbocycles. The number of carboxylic acid groups (broad SMARTS) is 1. The van der Waals surface area contributed by atoms with Crippen molar-refractivity contribution in [2.75, 3.05) is 13.1 Å². The number of nitrogens with one attached hydrogen (secondary N) is 6. The number of amides is 7. The fraction of sp³-hybridized carbons (Fsp3) is 0.408. The molecule has 4 aromatic rings. The van der Waals surface area contributed by atoms with Crippen LogP contribution in [0.2, 0.25) is 0 Å². The van der Waals surface area contributed by atoms with Crippen LogP contribution in [0.3, 0.4) is 0 Å². The summed E-state index contributed by atoms with van der Waals surface area (Å²) in [4.78, 5) is 117. The molecule has 2 heterocycles. The lowest BCUT2D eigenvalue weighted by Crippen LogP contribution is -2.62. The molecule has 1 aliphatic rings. The first-order valence-electron chi connectivity index (χ1n) is 23.5. The highest BCUT2D eigenvalue weighted by atomic mass is 16.4. The summed E-state index contributed by atoms with van der Waals surface area (Å²) in [5.41, 5.74) is 25.3. The number of hydrogen-bond donors (Lipinski definition) is 13. The van der Waals surface area contributed by atoms with E-state index in [9.17, 15) is 53.7 Å². The van der Waals surface area contributed by atoms with E-state index in [0.717, 1.165) is 10.9 Å². The minimum absolute atomic E-state index is 0.0288. The van der Waals surface area contributed by atoms with Crippen molar-refractivity contribution in [3.8, 4) is 5.75 Å². The van der Waals surface area contributed by atoms with Crippen molar-refractivity contribution >= 4 is 64.2 Å². The summed E-state index contributed by atoms with van der Waals surface area (Å²) >= 11 is 0. The van der Waals surface area contributed by atoms with Gasteiger partial charge in [0.05, 0.1) is 12.1 Å². The molecule has 0 unspecified atom stereocenters. The molecule has 23 heteroatoms. The lowest BCUT2D eigenvalue weighted by molar-refractivity contribution is -0.142. The molecule has 0 radical (unpaired) electrons. The Hall–Kier alpha value is -8.05. The number of phenols is 1. The van der Waals surface area contributed by atoms with Crippen molar-refractivity contribution in [1.29, 1.82) is 0 Å². The number of aromatic amines is 1. The average Bonchev–Trinajstić information content (AvgIpc) is 4.01. The second-order valence-electron chi connectivity index (χ2n) is 17.7. The summed E-state index contributed by atoms with van der Waals surface area (Å²) in [5, 5.41) is 44.0. The molecule has 0 aliphatic carbocycles. The van der Waals surface area contributed by atoms with Crippen LogP contribution in [0.4, 0.5) is 0 Å². The smallest absolute Gasteiger partial charge is 0.326 e. The molecular weight excluding hydrogens is 933 g/mol. The number of H-pyrrole nitrogens is 1. The van der Waals surface area contributed by atoms with E-state index in [4.69, 9.17) is 22.9 Å². The Bertz CT molecular complexity index is 2570. The summed E-state index contributed by atoms with van der Waals surface area (Å²) in [7, 11) is 0. The van der Waals surface area contributed by atoms with Crippen LogP contribution in [0, 0.1) is 0 Å². The summed E-state index contributed by atoms with van der Waals surface area (Å²) in [6, 6.07) is 12.3. The maximum Gasteiger partial charge on any atom is 0.326 e. The molecule has 1 aliphatic heterocycles. The number of para-hydroxylation sites is 1. The Labute approximate surface area is 414 Å². The van der Waals surface area contributed by atoms with E-state index in [2.05, 4.69) is 36.6 Å². The number of aromatic nitrogens is 1. The van der Waals surface area contributed by atoms with Crippen molar-refractivity contribution in [3.05, 3.63) is 102 Å². The zero-order valence-electron chi connectivity index (χ0n) is 39.8. The van der Waals surface area contributed by atoms with Gasteiger partial charge in [-0.2, -0.15) is 0 Å². The van der Waals surface area contributed by atoms with Gasteiger partial charge < -0.3 is 74.7 Å². The van der Waals surface area contributed by atoms with Gasteiger partial charge >= 0.3 is 5.97 Å². The number of carbonyl (C=O) groups excluding carboxylic acids is 7. The second kappa shape index (κ2) is 26.2. The predicted molar refractivity (Wildman–Crippen MR) is 264 cm³/mol. The lowest BCUT2D eigenvalue weighted by atomic mass is 10.0. The quantitative estimate of drug-likeness (QED) is 0.0192. The van der Waals surface area contributed by atoms with Gasteiger partial charge in [-0.3, -0.25) is 38.6 Å². The molecule has 7 amide bonds. The largest absolute Gasteiger partial charge is 0.508 e. The first-order chi connectivity index (χ1) is 34.3. The van der Waals surface area contributed by atoms with Crippen LogP contribution in [-0.4, -0.2) is 140 Å². The predicted octanol–water partition coefficient (Wildman–Crippen LogP) is -1.57. The zero-order valence-corrected chi connectivity index (χ0v) is 39.8. The topological polar surface area (TPSA) is 393 Å². The van der Waals surface area contributed by atoms with Gasteiger partial charge in [-0.25, -0.2) is 4.79 Å². The molecule has 0 saturated carbocycles. The highest BCUT2D eigenvalue weighted by Gasteiger charge is 2.39. The van der Waals surface area contributed by atoms with Crippen LogP contribution < -0.4 is 49.5 Å². The van der Waals surface area contributed by atoms with E-state index in [1.54, 1.807) is 60.8 Å². The van der Waals surface area contributed by atoms with Crippen LogP contribution in [0.1, 0.15) is 62.1 Å². The number of guanidine groups is 1. The second-order valence-corrected chi connectivity index (χ2v) is 17.7. The number of rotatable bonds is 26.